The van der Waals surface area contributed by atoms with E-state index in [0.717, 1.165) is 22.6 Å². The van der Waals surface area contributed by atoms with E-state index < -0.39 is 0 Å². The second kappa shape index (κ2) is 8.21. The van der Waals surface area contributed by atoms with Gasteiger partial charge in [0.15, 0.2) is 0 Å². The molecule has 3 N–H and O–H groups in total. The van der Waals surface area contributed by atoms with Crippen LogP contribution in [-0.2, 0) is 6.54 Å². The lowest BCUT2D eigenvalue weighted by Crippen LogP contribution is -2.02. The maximum absolute atomic E-state index is 5.89. The number of hydrogen-bond acceptors (Lipinski definition) is 4. The molecular weight excluding hydrogens is 314 g/mol. The summed E-state index contributed by atoms with van der Waals surface area (Å²) in [5.74, 6) is 6.25. The molecule has 4 heteroatoms. The van der Waals surface area contributed by atoms with Gasteiger partial charge in [0.1, 0.15) is 0 Å². The lowest BCUT2D eigenvalue weighted by Gasteiger charge is -2.04. The van der Waals surface area contributed by atoms with Crippen molar-refractivity contribution in [1.82, 2.24) is 9.71 Å². The van der Waals surface area contributed by atoms with Crippen molar-refractivity contribution < 1.29 is 0 Å². The van der Waals surface area contributed by atoms with Gasteiger partial charge >= 0.3 is 0 Å². The molecule has 0 amide bonds. The molecule has 1 heterocycles. The number of nitrogen functional groups attached to an aromatic ring is 1. The van der Waals surface area contributed by atoms with Gasteiger partial charge < -0.3 is 5.73 Å². The summed E-state index contributed by atoms with van der Waals surface area (Å²) in [4.78, 5) is 5.16. The van der Waals surface area contributed by atoms with Crippen LogP contribution in [0, 0.1) is 11.8 Å². The van der Waals surface area contributed by atoms with Crippen LogP contribution in [-0.4, -0.2) is 4.98 Å². The van der Waals surface area contributed by atoms with E-state index in [1.165, 1.54) is 5.56 Å². The minimum atomic E-state index is 0.706. The second-order valence-corrected chi connectivity index (χ2v) is 6.10. The van der Waals surface area contributed by atoms with E-state index in [0.29, 0.717) is 5.69 Å². The lowest BCUT2D eigenvalue weighted by atomic mass is 10.1. The lowest BCUT2D eigenvalue weighted by molar-refractivity contribution is 0.969. The van der Waals surface area contributed by atoms with Crippen molar-refractivity contribution in [3.8, 4) is 11.8 Å². The number of para-hydroxylation sites is 1. The maximum atomic E-state index is 5.89. The number of nitrogens with two attached hydrogens (primary N) is 1. The minimum absolute atomic E-state index is 0.706. The Morgan fingerprint density at radius 1 is 0.917 bits per heavy atom. The summed E-state index contributed by atoms with van der Waals surface area (Å²) >= 11 is 1.60. The molecule has 0 saturated heterocycles. The quantitative estimate of drug-likeness (QED) is 0.433. The van der Waals surface area contributed by atoms with Crippen LogP contribution in [0.4, 0.5) is 5.69 Å². The van der Waals surface area contributed by atoms with Gasteiger partial charge in [0.05, 0.1) is 0 Å². The Bertz CT molecular complexity index is 849. The molecule has 3 aromatic rings. The number of nitrogens with zero attached hydrogens (tertiary/aromatic N) is 1. The molecule has 0 aliphatic carbocycles. The van der Waals surface area contributed by atoms with Crippen LogP contribution in [0.3, 0.4) is 0 Å². The third-order valence-electron chi connectivity index (χ3n) is 3.37. The van der Waals surface area contributed by atoms with Gasteiger partial charge in [0.2, 0.25) is 0 Å². The van der Waals surface area contributed by atoms with E-state index in [9.17, 15) is 0 Å². The van der Waals surface area contributed by atoms with E-state index in [2.05, 4.69) is 33.7 Å². The average Bonchev–Trinajstić information content (AvgIpc) is 2.63. The number of benzene rings is 2. The molecule has 118 valence electrons. The molecule has 0 spiro atoms. The van der Waals surface area contributed by atoms with Crippen molar-refractivity contribution in [2.24, 2.45) is 0 Å². The third kappa shape index (κ3) is 4.63. The molecule has 3 rings (SSSR count). The van der Waals surface area contributed by atoms with Crippen LogP contribution in [0.2, 0.25) is 0 Å². The molecule has 0 unspecified atom stereocenters. The Morgan fingerprint density at radius 2 is 1.67 bits per heavy atom. The van der Waals surface area contributed by atoms with Crippen LogP contribution in [0.1, 0.15) is 16.7 Å². The highest BCUT2D eigenvalue weighted by Crippen LogP contribution is 2.16. The van der Waals surface area contributed by atoms with E-state index >= 15 is 0 Å². The fraction of sp³-hybridized carbons (Fsp3) is 0.0500. The zero-order chi connectivity index (χ0) is 16.6. The summed E-state index contributed by atoms with van der Waals surface area (Å²) in [7, 11) is 0. The molecule has 0 aliphatic heterocycles. The second-order valence-electron chi connectivity index (χ2n) is 5.14. The molecule has 24 heavy (non-hydrogen) atoms. The van der Waals surface area contributed by atoms with Crippen molar-refractivity contribution >= 4 is 17.6 Å². The SMILES string of the molecule is Nc1ccccc1C#Cc1ccc(SNCc2ccncc2)cc1. The zero-order valence-corrected chi connectivity index (χ0v) is 13.9. The Labute approximate surface area is 146 Å². The highest BCUT2D eigenvalue weighted by Gasteiger charge is 1.96. The van der Waals surface area contributed by atoms with Crippen LogP contribution in [0.15, 0.2) is 78.0 Å². The van der Waals surface area contributed by atoms with Crippen LogP contribution in [0.25, 0.3) is 0 Å². The summed E-state index contributed by atoms with van der Waals surface area (Å²) < 4.78 is 3.34. The van der Waals surface area contributed by atoms with Gasteiger partial charge in [-0.3, -0.25) is 9.71 Å². The molecule has 3 nitrogen and oxygen atoms in total. The Balaban J connectivity index is 1.57. The predicted molar refractivity (Wildman–Crippen MR) is 100 cm³/mol. The molecule has 0 radical (unpaired) electrons. The summed E-state index contributed by atoms with van der Waals surface area (Å²) in [5.41, 5.74) is 9.63. The van der Waals surface area contributed by atoms with Crippen molar-refractivity contribution in [2.45, 2.75) is 11.4 Å². The summed E-state index contributed by atoms with van der Waals surface area (Å²) in [6.45, 7) is 0.794. The first-order chi connectivity index (χ1) is 11.8. The van der Waals surface area contributed by atoms with E-state index in [1.54, 1.807) is 24.3 Å². The smallest absolute Gasteiger partial charge is 0.0478 e. The maximum Gasteiger partial charge on any atom is 0.0478 e. The first-order valence-electron chi connectivity index (χ1n) is 7.56. The first kappa shape index (κ1) is 16.1. The molecule has 0 saturated carbocycles. The number of rotatable bonds is 4. The fourth-order valence-electron chi connectivity index (χ4n) is 2.06. The number of aromatic nitrogens is 1. The topological polar surface area (TPSA) is 50.9 Å². The summed E-state index contributed by atoms with van der Waals surface area (Å²) in [5, 5.41) is 0. The van der Waals surface area contributed by atoms with Crippen molar-refractivity contribution in [3.63, 3.8) is 0 Å². The monoisotopic (exact) mass is 331 g/mol. The molecular formula is C20H17N3S. The molecule has 0 bridgehead atoms. The number of anilines is 1. The number of hydrogen-bond donors (Lipinski definition) is 2. The van der Waals surface area contributed by atoms with Crippen molar-refractivity contribution in [2.75, 3.05) is 5.73 Å². The van der Waals surface area contributed by atoms with Gasteiger partial charge in [-0.05, 0) is 66.0 Å². The highest BCUT2D eigenvalue weighted by atomic mass is 32.2. The molecule has 0 aliphatic rings. The summed E-state index contributed by atoms with van der Waals surface area (Å²) in [6.07, 6.45) is 3.60. The predicted octanol–water partition coefficient (Wildman–Crippen LogP) is 3.86. The van der Waals surface area contributed by atoms with Gasteiger partial charge in [-0.1, -0.05) is 24.0 Å². The molecule has 0 atom stereocenters. The van der Waals surface area contributed by atoms with Crippen LogP contribution >= 0.6 is 11.9 Å². The number of pyridine rings is 1. The summed E-state index contributed by atoms with van der Waals surface area (Å²) in [6, 6.07) is 19.8. The standard InChI is InChI=1S/C20H17N3S/c21-20-4-2-1-3-18(20)8-5-16-6-9-19(10-7-16)24-23-15-17-11-13-22-14-12-17/h1-4,6-7,9-14,23H,15,21H2. The first-order valence-corrected chi connectivity index (χ1v) is 8.38. The molecule has 0 fully saturated rings. The van der Waals surface area contributed by atoms with E-state index in [1.807, 2.05) is 48.5 Å². The van der Waals surface area contributed by atoms with Crippen molar-refractivity contribution in [3.05, 3.63) is 89.7 Å². The number of nitrogens with one attached hydrogen (secondary N) is 1. The fourth-order valence-corrected chi connectivity index (χ4v) is 2.74. The Hall–Kier alpha value is -2.74. The van der Waals surface area contributed by atoms with Crippen LogP contribution < -0.4 is 10.5 Å². The average molecular weight is 331 g/mol. The van der Waals surface area contributed by atoms with Gasteiger partial charge in [0.25, 0.3) is 0 Å². The normalized spacial score (nSPS) is 10.0. The Morgan fingerprint density at radius 3 is 2.42 bits per heavy atom. The van der Waals surface area contributed by atoms with E-state index in [-0.39, 0.29) is 0 Å². The highest BCUT2D eigenvalue weighted by molar-refractivity contribution is 7.97. The van der Waals surface area contributed by atoms with Crippen LogP contribution in [0.5, 0.6) is 0 Å². The van der Waals surface area contributed by atoms with E-state index in [4.69, 9.17) is 5.73 Å². The van der Waals surface area contributed by atoms with Crippen molar-refractivity contribution in [1.29, 1.82) is 0 Å². The largest absolute Gasteiger partial charge is 0.398 e. The van der Waals surface area contributed by atoms with Gasteiger partial charge in [-0.2, -0.15) is 0 Å². The third-order valence-corrected chi connectivity index (χ3v) is 4.17. The molecule has 1 aromatic heterocycles. The van der Waals surface area contributed by atoms with Gasteiger partial charge in [-0.25, -0.2) is 0 Å². The minimum Gasteiger partial charge on any atom is -0.398 e. The Kier molecular flexibility index (Phi) is 5.52. The zero-order valence-electron chi connectivity index (χ0n) is 13.1. The molecule has 2 aromatic carbocycles. The van der Waals surface area contributed by atoms with Gasteiger partial charge in [-0.15, -0.1) is 0 Å². The van der Waals surface area contributed by atoms with Gasteiger partial charge in [0, 0.05) is 40.6 Å².